The molecule has 0 aromatic heterocycles. The smallest absolute Gasteiger partial charge is 0.383 e. The van der Waals surface area contributed by atoms with Gasteiger partial charge >= 0.3 is 36.8 Å². The number of nitrogens with one attached hydrogen (secondary N) is 4. The van der Waals surface area contributed by atoms with Gasteiger partial charge in [0.15, 0.2) is 0 Å². The fourth-order valence-electron chi connectivity index (χ4n) is 10.1. The zero-order valence-electron chi connectivity index (χ0n) is 43.6. The maximum Gasteiger partial charge on any atom is 0.416 e. The van der Waals surface area contributed by atoms with E-state index in [0.29, 0.717) is 24.3 Å². The van der Waals surface area contributed by atoms with E-state index in [1.165, 1.54) is 28.1 Å². The van der Waals surface area contributed by atoms with Gasteiger partial charge in [0.05, 0.1) is 85.1 Å². The lowest BCUT2D eigenvalue weighted by molar-refractivity contribution is -0.145. The summed E-state index contributed by atoms with van der Waals surface area (Å²) in [5, 5.41) is 12.1. The van der Waals surface area contributed by atoms with Crippen molar-refractivity contribution in [1.29, 1.82) is 0 Å². The minimum Gasteiger partial charge on any atom is -0.383 e. The minimum atomic E-state index is -4.98. The molecule has 6 atom stereocenters. The van der Waals surface area contributed by atoms with Crippen molar-refractivity contribution in [2.45, 2.75) is 98.6 Å². The molecule has 0 unspecified atom stereocenters. The average molecular weight is 1150 g/mol. The Balaban J connectivity index is 0.000000231. The number of urea groups is 2. The van der Waals surface area contributed by atoms with Crippen LogP contribution in [-0.2, 0) is 64.3 Å². The number of benzene rings is 4. The molecule has 80 heavy (non-hydrogen) atoms. The molecule has 2 spiro atoms. The van der Waals surface area contributed by atoms with Crippen molar-refractivity contribution in [3.05, 3.63) is 142 Å². The highest BCUT2D eigenvalue weighted by molar-refractivity contribution is 6.08. The Bertz CT molecular complexity index is 2580. The standard InChI is InChI=1S/2C27H29F6N3O4/c2*1-17(18-12-20(26(28,29)30)14-21(13-18)27(31,32)33)40-16-25(19-6-4-3-5-7-19)9-8-24(15-34-25)22(37)36(10-11-39-2)23(38)35-24/h2*3-7,12-14,17,34H,8-11,15-16H2,1-2H3,(H,35,38)/t17-,24+,25-;17-,24-,25-/m11/s1. The first-order chi connectivity index (χ1) is 37.4. The molecular formula is C54H58F12N6O8. The van der Waals surface area contributed by atoms with Gasteiger partial charge in [0.25, 0.3) is 11.8 Å². The Morgan fingerprint density at radius 3 is 1.06 bits per heavy atom. The summed E-state index contributed by atoms with van der Waals surface area (Å²) < 4.78 is 182. The van der Waals surface area contributed by atoms with Crippen LogP contribution >= 0.6 is 0 Å². The van der Waals surface area contributed by atoms with Crippen LogP contribution in [0, 0.1) is 0 Å². The lowest BCUT2D eigenvalue weighted by atomic mass is 9.76. The van der Waals surface area contributed by atoms with E-state index in [-0.39, 0.29) is 102 Å². The highest BCUT2D eigenvalue weighted by Gasteiger charge is 2.57. The van der Waals surface area contributed by atoms with Crippen molar-refractivity contribution in [2.24, 2.45) is 0 Å². The molecule has 4 aromatic carbocycles. The molecule has 4 aliphatic rings. The summed E-state index contributed by atoms with van der Waals surface area (Å²) >= 11 is 0. The van der Waals surface area contributed by atoms with Crippen LogP contribution in [0.3, 0.4) is 0 Å². The SMILES string of the molecule is COCCN1C(=O)N[C@@]2(CC[C@@](CO[C@H](C)c3cc(C(F)(F)F)cc(C(F)(F)F)c3)(c3ccccc3)NC2)C1=O.COCCN1C(=O)N[C@]2(CC[C@@](CO[C@H](C)c3cc(C(F)(F)F)cc(C(F)(F)F)c3)(c3ccccc3)NC2)C1=O. The summed E-state index contributed by atoms with van der Waals surface area (Å²) in [4.78, 5) is 53.5. The minimum absolute atomic E-state index is 0.0372. The van der Waals surface area contributed by atoms with E-state index in [9.17, 15) is 71.9 Å². The molecule has 4 aromatic rings. The number of alkyl halides is 12. The van der Waals surface area contributed by atoms with Gasteiger partial charge in [-0.25, -0.2) is 9.59 Å². The number of hydrogen-bond acceptors (Lipinski definition) is 10. The van der Waals surface area contributed by atoms with Gasteiger partial charge in [-0.1, -0.05) is 60.7 Å². The third kappa shape index (κ3) is 13.4. The van der Waals surface area contributed by atoms with Crippen molar-refractivity contribution < 1.29 is 90.8 Å². The van der Waals surface area contributed by atoms with Crippen molar-refractivity contribution >= 4 is 23.9 Å². The van der Waals surface area contributed by atoms with Gasteiger partial charge in [0, 0.05) is 27.3 Å². The molecule has 4 fully saturated rings. The zero-order chi connectivity index (χ0) is 58.7. The number of nitrogens with zero attached hydrogens (tertiary/aromatic N) is 2. The molecule has 8 rings (SSSR count). The third-order valence-electron chi connectivity index (χ3n) is 14.9. The lowest BCUT2D eigenvalue weighted by Crippen LogP contribution is -2.64. The van der Waals surface area contributed by atoms with Crippen molar-refractivity contribution in [3.8, 4) is 0 Å². The fourth-order valence-corrected chi connectivity index (χ4v) is 10.1. The lowest BCUT2D eigenvalue weighted by Gasteiger charge is -2.45. The van der Waals surface area contributed by atoms with E-state index in [0.717, 1.165) is 20.9 Å². The summed E-state index contributed by atoms with van der Waals surface area (Å²) in [5.74, 6) is -0.803. The number of methoxy groups -OCH3 is 2. The van der Waals surface area contributed by atoms with Crippen molar-refractivity contribution in [3.63, 3.8) is 0 Å². The van der Waals surface area contributed by atoms with Gasteiger partial charge in [0.2, 0.25) is 0 Å². The number of carbonyl (C=O) groups excluding carboxylic acids is 4. The number of hydrogen-bond donors (Lipinski definition) is 4. The number of imide groups is 2. The molecule has 0 bridgehead atoms. The van der Waals surface area contributed by atoms with Gasteiger partial charge < -0.3 is 40.2 Å². The fraction of sp³-hybridized carbons (Fsp3) is 0.481. The highest BCUT2D eigenvalue weighted by atomic mass is 19.4. The summed E-state index contributed by atoms with van der Waals surface area (Å²) in [6, 6.07) is 19.6. The van der Waals surface area contributed by atoms with Crippen LogP contribution in [0.1, 0.15) is 96.2 Å². The van der Waals surface area contributed by atoms with Crippen LogP contribution in [0.5, 0.6) is 0 Å². The second-order valence-electron chi connectivity index (χ2n) is 20.1. The Morgan fingerprint density at radius 1 is 0.487 bits per heavy atom. The molecule has 4 heterocycles. The van der Waals surface area contributed by atoms with Crippen molar-refractivity contribution in [1.82, 2.24) is 31.1 Å². The number of halogens is 12. The van der Waals surface area contributed by atoms with E-state index in [4.69, 9.17) is 18.9 Å². The molecule has 436 valence electrons. The summed E-state index contributed by atoms with van der Waals surface area (Å²) in [6.07, 6.45) is -21.1. The van der Waals surface area contributed by atoms with Crippen LogP contribution < -0.4 is 21.3 Å². The molecule has 4 aliphatic heterocycles. The number of amides is 6. The Kier molecular flexibility index (Phi) is 18.1. The maximum absolute atomic E-state index is 13.4. The molecule has 26 heteroatoms. The Morgan fingerprint density at radius 2 is 0.800 bits per heavy atom. The van der Waals surface area contributed by atoms with Crippen LogP contribution in [0.4, 0.5) is 62.3 Å². The van der Waals surface area contributed by atoms with Crippen LogP contribution in [-0.4, -0.2) is 112 Å². The molecular weight excluding hydrogens is 1090 g/mol. The molecule has 4 saturated heterocycles. The second-order valence-corrected chi connectivity index (χ2v) is 20.1. The van der Waals surface area contributed by atoms with E-state index in [1.807, 2.05) is 24.3 Å². The van der Waals surface area contributed by atoms with Gasteiger partial charge in [0.1, 0.15) is 11.1 Å². The molecule has 0 saturated carbocycles. The number of rotatable bonds is 16. The second kappa shape index (κ2) is 23.6. The first kappa shape index (κ1) is 61.3. The Labute approximate surface area is 451 Å². The molecule has 0 radical (unpaired) electrons. The summed E-state index contributed by atoms with van der Waals surface area (Å²) in [6.45, 7) is 3.12. The predicted molar refractivity (Wildman–Crippen MR) is 262 cm³/mol. The van der Waals surface area contributed by atoms with Gasteiger partial charge in [-0.2, -0.15) is 52.7 Å². The quantitative estimate of drug-likeness (QED) is 0.0629. The monoisotopic (exact) mass is 1150 g/mol. The van der Waals surface area contributed by atoms with Gasteiger partial charge in [-0.05, 0) is 98.2 Å². The molecule has 14 nitrogen and oxygen atoms in total. The zero-order valence-corrected chi connectivity index (χ0v) is 43.6. The topological polar surface area (TPSA) is 160 Å². The molecule has 0 aliphatic carbocycles. The van der Waals surface area contributed by atoms with Crippen LogP contribution in [0.25, 0.3) is 0 Å². The van der Waals surface area contributed by atoms with E-state index in [2.05, 4.69) is 21.3 Å². The van der Waals surface area contributed by atoms with Crippen LogP contribution in [0.2, 0.25) is 0 Å². The maximum atomic E-state index is 13.4. The van der Waals surface area contributed by atoms with E-state index in [1.54, 1.807) is 36.4 Å². The number of ether oxygens (including phenoxy) is 4. The third-order valence-corrected chi connectivity index (χ3v) is 14.9. The average Bonchev–Trinajstić information content (AvgIpc) is 3.80. The van der Waals surface area contributed by atoms with Gasteiger partial charge in [-0.3, -0.25) is 19.4 Å². The molecule has 4 N–H and O–H groups in total. The van der Waals surface area contributed by atoms with Crippen LogP contribution in [0.15, 0.2) is 97.1 Å². The summed E-state index contributed by atoms with van der Waals surface area (Å²) in [5.41, 5.74) is -8.97. The first-order valence-corrected chi connectivity index (χ1v) is 25.1. The normalized spacial score (nSPS) is 24.4. The predicted octanol–water partition coefficient (Wildman–Crippen LogP) is 10.0. The van der Waals surface area contributed by atoms with Crippen molar-refractivity contribution in [2.75, 3.05) is 66.8 Å². The highest BCUT2D eigenvalue weighted by Crippen LogP contribution is 2.43. The van der Waals surface area contributed by atoms with Gasteiger partial charge in [-0.15, -0.1) is 0 Å². The number of piperidine rings is 2. The Hall–Kier alpha value is -6.32. The summed E-state index contributed by atoms with van der Waals surface area (Å²) in [7, 11) is 2.91. The van der Waals surface area contributed by atoms with E-state index < -0.39 is 105 Å². The first-order valence-electron chi connectivity index (χ1n) is 25.1. The largest absolute Gasteiger partial charge is 0.416 e. The number of carbonyl (C=O) groups is 4. The molecule has 6 amide bonds. The van der Waals surface area contributed by atoms with E-state index >= 15 is 0 Å².